The van der Waals surface area contributed by atoms with Gasteiger partial charge in [0.05, 0.1) is 0 Å². The largest absolute Gasteiger partial charge is 0.396 e. The lowest BCUT2D eigenvalue weighted by Crippen LogP contribution is -2.54. The van der Waals surface area contributed by atoms with Crippen molar-refractivity contribution in [1.29, 1.82) is 0 Å². The molecule has 0 spiro atoms. The monoisotopic (exact) mass is 283 g/mol. The number of piperidine rings is 1. The Balaban J connectivity index is 2.34. The highest BCUT2D eigenvalue weighted by molar-refractivity contribution is 5.75. The van der Waals surface area contributed by atoms with E-state index in [1.165, 1.54) is 0 Å². The van der Waals surface area contributed by atoms with Gasteiger partial charge in [0, 0.05) is 37.8 Å². The summed E-state index contributed by atoms with van der Waals surface area (Å²) in [4.78, 5) is 14.4. The highest BCUT2D eigenvalue weighted by atomic mass is 16.3. The number of urea groups is 1. The van der Waals surface area contributed by atoms with Crippen LogP contribution in [-0.4, -0.2) is 53.9 Å². The molecule has 1 atom stereocenters. The molecule has 0 bridgehead atoms. The normalized spacial score (nSPS) is 20.1. The summed E-state index contributed by atoms with van der Waals surface area (Å²) in [7, 11) is 0. The smallest absolute Gasteiger partial charge is 0.315 e. The Labute approximate surface area is 122 Å². The number of aliphatic hydroxyl groups excluding tert-OH is 1. The molecular weight excluding hydrogens is 254 g/mol. The molecule has 1 unspecified atom stereocenters. The third-order valence-corrected chi connectivity index (χ3v) is 4.17. The van der Waals surface area contributed by atoms with Crippen molar-refractivity contribution in [2.75, 3.05) is 26.2 Å². The van der Waals surface area contributed by atoms with E-state index in [0.717, 1.165) is 38.9 Å². The summed E-state index contributed by atoms with van der Waals surface area (Å²) in [6, 6.07) is 0.122. The van der Waals surface area contributed by atoms with E-state index in [0.29, 0.717) is 6.42 Å². The summed E-state index contributed by atoms with van der Waals surface area (Å²) >= 11 is 0. The SMILES string of the molecule is C=CCN1CCC(NC(=O)NC(C)(CC)CCO)CC1. The number of hydrogen-bond acceptors (Lipinski definition) is 3. The number of carbonyl (C=O) groups is 1. The second kappa shape index (κ2) is 8.27. The van der Waals surface area contributed by atoms with Gasteiger partial charge in [-0.15, -0.1) is 6.58 Å². The van der Waals surface area contributed by atoms with Crippen molar-refractivity contribution in [3.05, 3.63) is 12.7 Å². The molecular formula is C15H29N3O2. The van der Waals surface area contributed by atoms with E-state index >= 15 is 0 Å². The zero-order valence-electron chi connectivity index (χ0n) is 12.8. The van der Waals surface area contributed by atoms with Gasteiger partial charge in [-0.05, 0) is 32.6 Å². The first-order valence-corrected chi connectivity index (χ1v) is 7.55. The van der Waals surface area contributed by atoms with Crippen molar-refractivity contribution >= 4 is 6.03 Å². The maximum atomic E-state index is 12.0. The second-order valence-corrected chi connectivity index (χ2v) is 5.85. The Morgan fingerprint density at radius 2 is 2.15 bits per heavy atom. The minimum absolute atomic E-state index is 0.0879. The fourth-order valence-electron chi connectivity index (χ4n) is 2.51. The number of rotatable bonds is 7. The van der Waals surface area contributed by atoms with Crippen LogP contribution in [0.1, 0.15) is 39.5 Å². The molecule has 1 aliphatic rings. The molecule has 1 saturated heterocycles. The average molecular weight is 283 g/mol. The first kappa shape index (κ1) is 17.0. The van der Waals surface area contributed by atoms with Crippen LogP contribution in [0.3, 0.4) is 0 Å². The first-order chi connectivity index (χ1) is 9.53. The van der Waals surface area contributed by atoms with Crippen molar-refractivity contribution < 1.29 is 9.90 Å². The van der Waals surface area contributed by atoms with Crippen LogP contribution in [0.2, 0.25) is 0 Å². The topological polar surface area (TPSA) is 64.6 Å². The lowest BCUT2D eigenvalue weighted by molar-refractivity contribution is 0.186. The fraction of sp³-hybridized carbons (Fsp3) is 0.800. The van der Waals surface area contributed by atoms with Crippen molar-refractivity contribution in [1.82, 2.24) is 15.5 Å². The van der Waals surface area contributed by atoms with Crippen molar-refractivity contribution in [2.45, 2.75) is 51.1 Å². The minimum atomic E-state index is -0.331. The van der Waals surface area contributed by atoms with E-state index in [1.807, 2.05) is 19.9 Å². The van der Waals surface area contributed by atoms with Gasteiger partial charge in [-0.1, -0.05) is 13.0 Å². The molecule has 0 saturated carbocycles. The van der Waals surface area contributed by atoms with Gasteiger partial charge in [-0.2, -0.15) is 0 Å². The van der Waals surface area contributed by atoms with Crippen LogP contribution >= 0.6 is 0 Å². The Morgan fingerprint density at radius 1 is 1.50 bits per heavy atom. The number of aliphatic hydroxyl groups is 1. The molecule has 2 amide bonds. The summed E-state index contributed by atoms with van der Waals surface area (Å²) in [5.74, 6) is 0. The molecule has 0 aromatic rings. The highest BCUT2D eigenvalue weighted by Gasteiger charge is 2.26. The number of hydrogen-bond donors (Lipinski definition) is 3. The van der Waals surface area contributed by atoms with Crippen LogP contribution in [0.5, 0.6) is 0 Å². The highest BCUT2D eigenvalue weighted by Crippen LogP contribution is 2.14. The van der Waals surface area contributed by atoms with E-state index in [9.17, 15) is 4.79 Å². The molecule has 3 N–H and O–H groups in total. The minimum Gasteiger partial charge on any atom is -0.396 e. The van der Waals surface area contributed by atoms with Crippen LogP contribution in [0.4, 0.5) is 4.79 Å². The molecule has 0 aromatic carbocycles. The predicted molar refractivity (Wildman–Crippen MR) is 81.7 cm³/mol. The standard InChI is InChI=1S/C15H29N3O2/c1-4-9-18-10-6-13(7-11-18)16-14(20)17-15(3,5-2)8-12-19/h4,13,19H,1,5-12H2,2-3H3,(H2,16,17,20). The maximum Gasteiger partial charge on any atom is 0.315 e. The predicted octanol–water partition coefficient (Wildman–Crippen LogP) is 1.49. The molecule has 1 aliphatic heterocycles. The van der Waals surface area contributed by atoms with E-state index in [-0.39, 0.29) is 24.2 Å². The molecule has 0 aromatic heterocycles. The quantitative estimate of drug-likeness (QED) is 0.620. The second-order valence-electron chi connectivity index (χ2n) is 5.85. The molecule has 0 aliphatic carbocycles. The lowest BCUT2D eigenvalue weighted by atomic mass is 9.95. The molecule has 5 heteroatoms. The Morgan fingerprint density at radius 3 is 2.65 bits per heavy atom. The number of amides is 2. The van der Waals surface area contributed by atoms with Gasteiger partial charge >= 0.3 is 6.03 Å². The van der Waals surface area contributed by atoms with E-state index in [1.54, 1.807) is 0 Å². The zero-order valence-corrected chi connectivity index (χ0v) is 12.8. The van der Waals surface area contributed by atoms with Crippen LogP contribution in [-0.2, 0) is 0 Å². The summed E-state index contributed by atoms with van der Waals surface area (Å²) < 4.78 is 0. The van der Waals surface area contributed by atoms with E-state index in [2.05, 4.69) is 22.1 Å². The van der Waals surface area contributed by atoms with Gasteiger partial charge in [0.2, 0.25) is 0 Å². The first-order valence-electron chi connectivity index (χ1n) is 7.55. The fourth-order valence-corrected chi connectivity index (χ4v) is 2.51. The van der Waals surface area contributed by atoms with Gasteiger partial charge in [0.1, 0.15) is 0 Å². The molecule has 5 nitrogen and oxygen atoms in total. The van der Waals surface area contributed by atoms with Gasteiger partial charge in [-0.25, -0.2) is 4.79 Å². The number of carbonyl (C=O) groups excluding carboxylic acids is 1. The molecule has 116 valence electrons. The number of likely N-dealkylation sites (tertiary alicyclic amines) is 1. The van der Waals surface area contributed by atoms with Crippen molar-refractivity contribution in [3.8, 4) is 0 Å². The Hall–Kier alpha value is -1.07. The Bertz CT molecular complexity index is 314. The van der Waals surface area contributed by atoms with Crippen LogP contribution in [0.25, 0.3) is 0 Å². The third kappa shape index (κ3) is 5.51. The molecule has 0 radical (unpaired) electrons. The maximum absolute atomic E-state index is 12.0. The average Bonchev–Trinajstić information content (AvgIpc) is 2.41. The molecule has 1 fully saturated rings. The van der Waals surface area contributed by atoms with Crippen molar-refractivity contribution in [3.63, 3.8) is 0 Å². The van der Waals surface area contributed by atoms with Crippen LogP contribution < -0.4 is 10.6 Å². The molecule has 1 rings (SSSR count). The summed E-state index contributed by atoms with van der Waals surface area (Å²) in [6.07, 6.45) is 5.25. The lowest BCUT2D eigenvalue weighted by Gasteiger charge is -2.34. The third-order valence-electron chi connectivity index (χ3n) is 4.17. The van der Waals surface area contributed by atoms with Gasteiger partial charge in [0.25, 0.3) is 0 Å². The summed E-state index contributed by atoms with van der Waals surface area (Å²) in [5.41, 5.74) is -0.331. The molecule has 1 heterocycles. The summed E-state index contributed by atoms with van der Waals surface area (Å²) in [5, 5.41) is 15.1. The van der Waals surface area contributed by atoms with E-state index in [4.69, 9.17) is 5.11 Å². The molecule has 20 heavy (non-hydrogen) atoms. The van der Waals surface area contributed by atoms with Gasteiger partial charge < -0.3 is 15.7 Å². The Kier molecular flexibility index (Phi) is 7.02. The van der Waals surface area contributed by atoms with Crippen molar-refractivity contribution in [2.24, 2.45) is 0 Å². The number of nitrogens with one attached hydrogen (secondary N) is 2. The number of nitrogens with zero attached hydrogens (tertiary/aromatic N) is 1. The zero-order chi connectivity index (χ0) is 15.0. The summed E-state index contributed by atoms with van der Waals surface area (Å²) in [6.45, 7) is 10.7. The van der Waals surface area contributed by atoms with Gasteiger partial charge in [-0.3, -0.25) is 4.90 Å². The van der Waals surface area contributed by atoms with Crippen LogP contribution in [0.15, 0.2) is 12.7 Å². The van der Waals surface area contributed by atoms with E-state index < -0.39 is 0 Å². The van der Waals surface area contributed by atoms with Crippen LogP contribution in [0, 0.1) is 0 Å². The van der Waals surface area contributed by atoms with Gasteiger partial charge in [0.15, 0.2) is 0 Å².